The summed E-state index contributed by atoms with van der Waals surface area (Å²) in [6, 6.07) is 1.98. The van der Waals surface area contributed by atoms with Gasteiger partial charge >= 0.3 is 0 Å². The molecule has 0 aliphatic rings. The molecular formula is C12H19NO2. The van der Waals surface area contributed by atoms with Gasteiger partial charge in [-0.3, -0.25) is 0 Å². The lowest BCUT2D eigenvalue weighted by Crippen LogP contribution is -2.18. The molecule has 0 aliphatic heterocycles. The van der Waals surface area contributed by atoms with E-state index in [0.29, 0.717) is 6.42 Å². The highest BCUT2D eigenvalue weighted by atomic mass is 16.3. The van der Waals surface area contributed by atoms with E-state index in [4.69, 9.17) is 4.42 Å². The monoisotopic (exact) mass is 209 g/mol. The van der Waals surface area contributed by atoms with E-state index in [-0.39, 0.29) is 5.78 Å². The van der Waals surface area contributed by atoms with Crippen LogP contribution in [-0.2, 0) is 11.3 Å². The zero-order chi connectivity index (χ0) is 11.1. The third-order valence-corrected chi connectivity index (χ3v) is 2.35. The Morgan fingerprint density at radius 3 is 2.87 bits per heavy atom. The Labute approximate surface area is 91.1 Å². The van der Waals surface area contributed by atoms with Crippen molar-refractivity contribution in [1.29, 1.82) is 0 Å². The molecule has 15 heavy (non-hydrogen) atoms. The highest BCUT2D eigenvalue weighted by Crippen LogP contribution is 2.05. The summed E-state index contributed by atoms with van der Waals surface area (Å²) in [5.41, 5.74) is 1.20. The van der Waals surface area contributed by atoms with Crippen LogP contribution in [0.1, 0.15) is 31.7 Å². The Balaban J connectivity index is 2.08. The maximum Gasteiger partial charge on any atom is 0.129 e. The van der Waals surface area contributed by atoms with Gasteiger partial charge < -0.3 is 14.1 Å². The zero-order valence-electron chi connectivity index (χ0n) is 9.53. The van der Waals surface area contributed by atoms with E-state index < -0.39 is 0 Å². The first kappa shape index (κ1) is 12.0. The van der Waals surface area contributed by atoms with Crippen molar-refractivity contribution in [2.45, 2.75) is 32.7 Å². The van der Waals surface area contributed by atoms with Crippen molar-refractivity contribution >= 4 is 5.78 Å². The SMILES string of the molecule is CC(=O)CCCCN(C)Cc1ccoc1. The maximum atomic E-state index is 10.7. The lowest BCUT2D eigenvalue weighted by Gasteiger charge is -2.14. The third-order valence-electron chi connectivity index (χ3n) is 2.35. The van der Waals surface area contributed by atoms with Crippen LogP contribution in [0.4, 0.5) is 0 Å². The molecule has 3 heteroatoms. The number of nitrogens with zero attached hydrogens (tertiary/aromatic N) is 1. The average Bonchev–Trinajstić information content (AvgIpc) is 2.64. The van der Waals surface area contributed by atoms with Crippen LogP contribution in [0.5, 0.6) is 0 Å². The summed E-state index contributed by atoms with van der Waals surface area (Å²) in [6.07, 6.45) is 6.24. The number of furan rings is 1. The topological polar surface area (TPSA) is 33.5 Å². The van der Waals surface area contributed by atoms with E-state index >= 15 is 0 Å². The van der Waals surface area contributed by atoms with Crippen molar-refractivity contribution in [3.8, 4) is 0 Å². The van der Waals surface area contributed by atoms with Gasteiger partial charge in [0, 0.05) is 18.5 Å². The van der Waals surface area contributed by atoms with E-state index in [9.17, 15) is 4.79 Å². The fourth-order valence-electron chi connectivity index (χ4n) is 1.53. The summed E-state index contributed by atoms with van der Waals surface area (Å²) in [7, 11) is 2.08. The second kappa shape index (κ2) is 6.40. The number of hydrogen-bond acceptors (Lipinski definition) is 3. The lowest BCUT2D eigenvalue weighted by atomic mass is 10.2. The van der Waals surface area contributed by atoms with Gasteiger partial charge in [-0.1, -0.05) is 0 Å². The van der Waals surface area contributed by atoms with Crippen LogP contribution in [0.25, 0.3) is 0 Å². The minimum absolute atomic E-state index is 0.285. The first-order valence-electron chi connectivity index (χ1n) is 5.37. The second-order valence-electron chi connectivity index (χ2n) is 4.03. The van der Waals surface area contributed by atoms with Crippen LogP contribution >= 0.6 is 0 Å². The van der Waals surface area contributed by atoms with Crippen LogP contribution in [0, 0.1) is 0 Å². The predicted octanol–water partition coefficient (Wildman–Crippen LogP) is 2.47. The molecule has 0 fully saturated rings. The van der Waals surface area contributed by atoms with Gasteiger partial charge in [-0.05, 0) is 39.4 Å². The normalized spacial score (nSPS) is 10.9. The quantitative estimate of drug-likeness (QED) is 0.647. The molecule has 84 valence electrons. The molecule has 0 atom stereocenters. The largest absolute Gasteiger partial charge is 0.472 e. The molecule has 0 aromatic carbocycles. The molecule has 1 aromatic heterocycles. The van der Waals surface area contributed by atoms with E-state index in [1.54, 1.807) is 19.5 Å². The van der Waals surface area contributed by atoms with Gasteiger partial charge in [0.25, 0.3) is 0 Å². The molecule has 0 bridgehead atoms. The Morgan fingerprint density at radius 1 is 1.47 bits per heavy atom. The third kappa shape index (κ3) is 5.37. The van der Waals surface area contributed by atoms with Gasteiger partial charge in [-0.25, -0.2) is 0 Å². The highest BCUT2D eigenvalue weighted by Gasteiger charge is 2.01. The summed E-state index contributed by atoms with van der Waals surface area (Å²) < 4.78 is 5.00. The standard InChI is InChI=1S/C12H19NO2/c1-11(14)5-3-4-7-13(2)9-12-6-8-15-10-12/h6,8,10H,3-5,7,9H2,1-2H3. The molecule has 1 rings (SSSR count). The van der Waals surface area contributed by atoms with Crippen LogP contribution in [0.2, 0.25) is 0 Å². The van der Waals surface area contributed by atoms with E-state index in [1.807, 2.05) is 6.07 Å². The molecule has 1 aromatic rings. The summed E-state index contributed by atoms with van der Waals surface area (Å²) >= 11 is 0. The number of carbonyl (C=O) groups is 1. The molecule has 0 amide bonds. The first-order valence-corrected chi connectivity index (χ1v) is 5.37. The molecule has 0 radical (unpaired) electrons. The van der Waals surface area contributed by atoms with Crippen LogP contribution in [-0.4, -0.2) is 24.3 Å². The summed E-state index contributed by atoms with van der Waals surface area (Å²) in [5, 5.41) is 0. The van der Waals surface area contributed by atoms with Gasteiger partial charge in [-0.2, -0.15) is 0 Å². The number of unbranched alkanes of at least 4 members (excludes halogenated alkanes) is 1. The van der Waals surface area contributed by atoms with E-state index in [2.05, 4.69) is 11.9 Å². The predicted molar refractivity (Wildman–Crippen MR) is 59.6 cm³/mol. The van der Waals surface area contributed by atoms with Crippen molar-refractivity contribution in [2.24, 2.45) is 0 Å². The molecule has 0 unspecified atom stereocenters. The molecule has 0 N–H and O–H groups in total. The van der Waals surface area contributed by atoms with Gasteiger partial charge in [0.1, 0.15) is 5.78 Å². The minimum Gasteiger partial charge on any atom is -0.472 e. The molecule has 0 saturated carbocycles. The number of hydrogen-bond donors (Lipinski definition) is 0. The molecular weight excluding hydrogens is 190 g/mol. The molecule has 0 spiro atoms. The Morgan fingerprint density at radius 2 is 2.27 bits per heavy atom. The Kier molecular flexibility index (Phi) is 5.12. The van der Waals surface area contributed by atoms with Crippen molar-refractivity contribution in [3.05, 3.63) is 24.2 Å². The van der Waals surface area contributed by atoms with Crippen molar-refractivity contribution in [2.75, 3.05) is 13.6 Å². The molecule has 0 saturated heterocycles. The smallest absolute Gasteiger partial charge is 0.129 e. The molecule has 1 heterocycles. The number of carbonyl (C=O) groups excluding carboxylic acids is 1. The first-order chi connectivity index (χ1) is 7.18. The maximum absolute atomic E-state index is 10.7. The molecule has 3 nitrogen and oxygen atoms in total. The van der Waals surface area contributed by atoms with Crippen LogP contribution in [0.3, 0.4) is 0 Å². The molecule has 0 aliphatic carbocycles. The minimum atomic E-state index is 0.285. The fraction of sp³-hybridized carbons (Fsp3) is 0.583. The fourth-order valence-corrected chi connectivity index (χ4v) is 1.53. The van der Waals surface area contributed by atoms with Crippen molar-refractivity contribution < 1.29 is 9.21 Å². The second-order valence-corrected chi connectivity index (χ2v) is 4.03. The van der Waals surface area contributed by atoms with Gasteiger partial charge in [0.2, 0.25) is 0 Å². The van der Waals surface area contributed by atoms with Crippen LogP contribution < -0.4 is 0 Å². The van der Waals surface area contributed by atoms with E-state index in [0.717, 1.165) is 25.9 Å². The van der Waals surface area contributed by atoms with E-state index in [1.165, 1.54) is 5.56 Å². The number of rotatable bonds is 7. The van der Waals surface area contributed by atoms with Crippen LogP contribution in [0.15, 0.2) is 23.0 Å². The summed E-state index contributed by atoms with van der Waals surface area (Å²) in [4.78, 5) is 13.0. The zero-order valence-corrected chi connectivity index (χ0v) is 9.53. The number of Topliss-reactive ketones (excluding diaryl/α,β-unsaturated/α-hetero) is 1. The van der Waals surface area contributed by atoms with Crippen molar-refractivity contribution in [3.63, 3.8) is 0 Å². The number of ketones is 1. The van der Waals surface area contributed by atoms with Gasteiger partial charge in [0.05, 0.1) is 12.5 Å². The van der Waals surface area contributed by atoms with Gasteiger partial charge in [0.15, 0.2) is 0 Å². The Hall–Kier alpha value is -1.09. The highest BCUT2D eigenvalue weighted by molar-refractivity contribution is 5.75. The van der Waals surface area contributed by atoms with Gasteiger partial charge in [-0.15, -0.1) is 0 Å². The van der Waals surface area contributed by atoms with Crippen molar-refractivity contribution in [1.82, 2.24) is 4.90 Å². The lowest BCUT2D eigenvalue weighted by molar-refractivity contribution is -0.117. The summed E-state index contributed by atoms with van der Waals surface area (Å²) in [5.74, 6) is 0.285. The Bertz CT molecular complexity index is 280. The average molecular weight is 209 g/mol. The summed E-state index contributed by atoms with van der Waals surface area (Å²) in [6.45, 7) is 3.59.